The van der Waals surface area contributed by atoms with Crippen molar-refractivity contribution < 1.29 is 26.9 Å². The Labute approximate surface area is 210 Å². The summed E-state index contributed by atoms with van der Waals surface area (Å²) in [4.78, 5) is 13.2. The van der Waals surface area contributed by atoms with Gasteiger partial charge in [0.05, 0.1) is 17.4 Å². The molecule has 2 heterocycles. The lowest BCUT2D eigenvalue weighted by molar-refractivity contribution is -0.604. The van der Waals surface area contributed by atoms with Crippen LogP contribution in [-0.4, -0.2) is 38.9 Å². The van der Waals surface area contributed by atoms with E-state index in [4.69, 9.17) is 9.26 Å². The highest BCUT2D eigenvalue weighted by atomic mass is 32.2. The Morgan fingerprint density at radius 2 is 1.72 bits per heavy atom. The van der Waals surface area contributed by atoms with Crippen molar-refractivity contribution in [3.05, 3.63) is 44.8 Å². The van der Waals surface area contributed by atoms with Gasteiger partial charge in [-0.2, -0.15) is 17.2 Å². The highest BCUT2D eigenvalue weighted by molar-refractivity contribution is 7.86. The SMILES string of the molecule is Cc1c(C2CC2)noc1N(C1CCOCC1)S(=O)(=O)[NH+]([O-])C(=O)Nc1c2c(cc3c1CCC3)CCC2. The second-order valence-electron chi connectivity index (χ2n) is 10.4. The van der Waals surface area contributed by atoms with Gasteiger partial charge >= 0.3 is 16.2 Å². The van der Waals surface area contributed by atoms with Crippen LogP contribution in [0.1, 0.15) is 78.0 Å². The summed E-state index contributed by atoms with van der Waals surface area (Å²) in [5.41, 5.74) is 6.44. The van der Waals surface area contributed by atoms with Crippen molar-refractivity contribution >= 4 is 27.8 Å². The Bertz CT molecular complexity index is 1260. The first-order valence-electron chi connectivity index (χ1n) is 13.0. The third-order valence-corrected chi connectivity index (χ3v) is 9.65. The predicted octanol–water partition coefficient (Wildman–Crippen LogP) is 2.68. The number of ether oxygens (including phenoxy) is 1. The van der Waals surface area contributed by atoms with Gasteiger partial charge in [-0.15, -0.1) is 0 Å². The fourth-order valence-corrected chi connectivity index (χ4v) is 7.47. The first-order valence-corrected chi connectivity index (χ1v) is 14.4. The van der Waals surface area contributed by atoms with Gasteiger partial charge in [-0.1, -0.05) is 11.2 Å². The first kappa shape index (κ1) is 23.9. The molecule has 1 aliphatic heterocycles. The van der Waals surface area contributed by atoms with Crippen LogP contribution in [0.15, 0.2) is 10.6 Å². The van der Waals surface area contributed by atoms with Crippen LogP contribution >= 0.6 is 0 Å². The van der Waals surface area contributed by atoms with Crippen molar-refractivity contribution in [3.8, 4) is 0 Å². The minimum Gasteiger partial charge on any atom is -0.608 e. The third-order valence-electron chi connectivity index (χ3n) is 8.01. The van der Waals surface area contributed by atoms with Gasteiger partial charge < -0.3 is 14.5 Å². The van der Waals surface area contributed by atoms with Gasteiger partial charge in [-0.3, -0.25) is 5.32 Å². The van der Waals surface area contributed by atoms with Crippen LogP contribution in [-0.2, 0) is 40.6 Å². The van der Waals surface area contributed by atoms with Crippen LogP contribution in [0.25, 0.3) is 0 Å². The van der Waals surface area contributed by atoms with Crippen LogP contribution in [0, 0.1) is 12.1 Å². The van der Waals surface area contributed by atoms with Crippen molar-refractivity contribution in [2.45, 2.75) is 83.1 Å². The smallest absolute Gasteiger partial charge is 0.436 e. The van der Waals surface area contributed by atoms with E-state index in [0.717, 1.165) is 72.5 Å². The maximum absolute atomic E-state index is 13.8. The van der Waals surface area contributed by atoms with Gasteiger partial charge in [-0.05, 0) is 93.4 Å². The Kier molecular flexibility index (Phi) is 6.06. The molecule has 0 spiro atoms. The highest BCUT2D eigenvalue weighted by Gasteiger charge is 2.44. The maximum atomic E-state index is 13.8. The van der Waals surface area contributed by atoms with E-state index in [2.05, 4.69) is 16.5 Å². The summed E-state index contributed by atoms with van der Waals surface area (Å²) in [6.45, 7) is 2.49. The van der Waals surface area contributed by atoms with Gasteiger partial charge in [0.25, 0.3) is 0 Å². The number of anilines is 2. The average Bonchev–Trinajstić information content (AvgIpc) is 3.24. The van der Waals surface area contributed by atoms with Crippen LogP contribution < -0.4 is 14.1 Å². The largest absolute Gasteiger partial charge is 0.608 e. The number of amides is 2. The quantitative estimate of drug-likeness (QED) is 0.565. The normalized spacial score (nSPS) is 20.7. The molecule has 1 aromatic heterocycles. The van der Waals surface area contributed by atoms with Crippen molar-refractivity contribution in [3.63, 3.8) is 0 Å². The number of fused-ring (bicyclic) bond motifs is 2. The molecule has 1 saturated heterocycles. The third kappa shape index (κ3) is 4.02. The Morgan fingerprint density at radius 1 is 1.08 bits per heavy atom. The van der Waals surface area contributed by atoms with E-state index in [1.165, 1.54) is 11.1 Å². The number of rotatable bonds is 6. The Hall–Kier alpha value is -2.47. The number of urea groups is 1. The van der Waals surface area contributed by atoms with Gasteiger partial charge in [-0.25, -0.2) is 4.79 Å². The van der Waals surface area contributed by atoms with E-state index in [1.807, 2.05) is 0 Å². The summed E-state index contributed by atoms with van der Waals surface area (Å²) >= 11 is 0. The number of quaternary nitrogens is 1. The molecule has 2 N–H and O–H groups in total. The molecule has 4 aliphatic rings. The van der Waals surface area contributed by atoms with Crippen LogP contribution in [0.5, 0.6) is 0 Å². The molecule has 1 atom stereocenters. The predicted molar refractivity (Wildman–Crippen MR) is 132 cm³/mol. The number of aryl methyl sites for hydroxylation is 2. The zero-order valence-electron chi connectivity index (χ0n) is 20.5. The number of hydrogen-bond acceptors (Lipinski definition) is 7. The van der Waals surface area contributed by atoms with Gasteiger partial charge in [0.2, 0.25) is 5.88 Å². The Morgan fingerprint density at radius 3 is 2.33 bits per heavy atom. The number of carbonyl (C=O) groups excluding carboxylic acids is 1. The summed E-state index contributed by atoms with van der Waals surface area (Å²) < 4.78 is 38.0. The topological polar surface area (TPSA) is 129 Å². The van der Waals surface area contributed by atoms with E-state index in [0.29, 0.717) is 37.3 Å². The monoisotopic (exact) mass is 516 g/mol. The minimum atomic E-state index is -4.72. The number of nitrogens with zero attached hydrogens (tertiary/aromatic N) is 2. The van der Waals surface area contributed by atoms with Crippen LogP contribution in [0.3, 0.4) is 0 Å². The number of benzene rings is 1. The summed E-state index contributed by atoms with van der Waals surface area (Å²) in [5, 5.41) is 20.2. The molecular weight excluding hydrogens is 484 g/mol. The van der Waals surface area contributed by atoms with E-state index in [-0.39, 0.29) is 11.8 Å². The van der Waals surface area contributed by atoms with Crippen molar-refractivity contribution in [1.82, 2.24) is 5.16 Å². The lowest BCUT2D eigenvalue weighted by Gasteiger charge is -2.34. The molecule has 36 heavy (non-hydrogen) atoms. The molecule has 6 rings (SSSR count). The molecule has 2 aromatic rings. The lowest BCUT2D eigenvalue weighted by atomic mass is 9.99. The zero-order chi connectivity index (χ0) is 25.0. The standard InChI is InChI=1S/C25H32N4O6S/c1-15-22(16-8-9-16)27-35-24(15)28(19-10-12-34-13-11-19)36(32,33)29(31)25(30)26-23-20-6-2-4-17(20)14-18-5-3-7-21(18)23/h14,16,19,29H,2-13H2,1H3,(H,26,30). The van der Waals surface area contributed by atoms with E-state index < -0.39 is 26.8 Å². The molecule has 2 amide bonds. The maximum Gasteiger partial charge on any atom is 0.436 e. The molecule has 1 aromatic carbocycles. The number of hydroxylamine groups is 1. The summed E-state index contributed by atoms with van der Waals surface area (Å²) in [5.74, 6) is 0.287. The van der Waals surface area contributed by atoms with Crippen LogP contribution in [0.4, 0.5) is 16.4 Å². The average molecular weight is 517 g/mol. The van der Waals surface area contributed by atoms with Crippen molar-refractivity contribution in [1.29, 1.82) is 0 Å². The molecule has 1 unspecified atom stereocenters. The fourth-order valence-electron chi connectivity index (χ4n) is 6.01. The van der Waals surface area contributed by atoms with E-state index in [9.17, 15) is 18.4 Å². The molecule has 10 nitrogen and oxygen atoms in total. The molecule has 11 heteroatoms. The van der Waals surface area contributed by atoms with Crippen molar-refractivity contribution in [2.75, 3.05) is 22.8 Å². The van der Waals surface area contributed by atoms with E-state index in [1.54, 1.807) is 6.92 Å². The molecule has 194 valence electrons. The van der Waals surface area contributed by atoms with Gasteiger partial charge in [0.1, 0.15) is 0 Å². The Balaban J connectivity index is 1.33. The number of aromatic nitrogens is 1. The first-order chi connectivity index (χ1) is 17.4. The second kappa shape index (κ2) is 9.13. The fraction of sp³-hybridized carbons (Fsp3) is 0.600. The number of hydrogen-bond donors (Lipinski definition) is 2. The number of carbonyl (C=O) groups is 1. The summed E-state index contributed by atoms with van der Waals surface area (Å²) in [6.07, 6.45) is 8.21. The molecule has 1 saturated carbocycles. The van der Waals surface area contributed by atoms with E-state index >= 15 is 0 Å². The molecule has 0 radical (unpaired) electrons. The zero-order valence-corrected chi connectivity index (χ0v) is 21.3. The minimum absolute atomic E-state index is 0.0337. The van der Waals surface area contributed by atoms with Crippen LogP contribution in [0.2, 0.25) is 0 Å². The van der Waals surface area contributed by atoms with Crippen molar-refractivity contribution in [2.24, 2.45) is 0 Å². The molecule has 0 bridgehead atoms. The molecule has 2 fully saturated rings. The summed E-state index contributed by atoms with van der Waals surface area (Å²) in [7, 11) is -4.72. The highest BCUT2D eigenvalue weighted by Crippen LogP contribution is 2.44. The number of nitrogens with one attached hydrogen (secondary N) is 2. The van der Waals surface area contributed by atoms with Gasteiger partial charge in [0.15, 0.2) is 0 Å². The molecule has 3 aliphatic carbocycles. The summed E-state index contributed by atoms with van der Waals surface area (Å²) in [6, 6.07) is 0.543. The second-order valence-corrected chi connectivity index (χ2v) is 12.1. The molecular formula is C25H32N4O6S. The van der Waals surface area contributed by atoms with Gasteiger partial charge in [0, 0.05) is 24.7 Å². The lowest BCUT2D eigenvalue weighted by Crippen LogP contribution is -3.14.